The second-order valence-electron chi connectivity index (χ2n) is 8.33. The first-order valence-electron chi connectivity index (χ1n) is 11.1. The molecule has 0 bridgehead atoms. The van der Waals surface area contributed by atoms with Gasteiger partial charge in [0.25, 0.3) is 0 Å². The standard InChI is InChI=1S/C22H35N7O6/c1-12(2)18(20(33)28-16(21(34)35)10-13-5-7-14(30)8-6-13)29-17(31)11-27-19(32)15(23)4-3-9-26-22(24)25/h5-8,12,15-16,18,30H,3-4,9-11,23H2,1-2H3,(H,27,32)(H,28,33)(H,29,31)(H,34,35)(H4,24,25,26). The van der Waals surface area contributed by atoms with E-state index in [0.29, 0.717) is 24.9 Å². The van der Waals surface area contributed by atoms with E-state index in [0.717, 1.165) is 0 Å². The first-order valence-corrected chi connectivity index (χ1v) is 11.1. The Labute approximate surface area is 203 Å². The molecule has 13 nitrogen and oxygen atoms in total. The maximum atomic E-state index is 12.8. The molecule has 0 aliphatic carbocycles. The van der Waals surface area contributed by atoms with Crippen LogP contribution in [0.5, 0.6) is 5.75 Å². The number of guanidine groups is 1. The Morgan fingerprint density at radius 3 is 2.20 bits per heavy atom. The van der Waals surface area contributed by atoms with Crippen molar-refractivity contribution >= 4 is 29.7 Å². The summed E-state index contributed by atoms with van der Waals surface area (Å²) in [5.74, 6) is -3.50. The molecule has 0 heterocycles. The first kappa shape index (κ1) is 29.2. The van der Waals surface area contributed by atoms with Crippen molar-refractivity contribution in [2.24, 2.45) is 28.1 Å². The number of nitrogens with zero attached hydrogens (tertiary/aromatic N) is 1. The molecule has 1 aromatic rings. The van der Waals surface area contributed by atoms with Crippen LogP contribution in [0.1, 0.15) is 32.3 Å². The summed E-state index contributed by atoms with van der Waals surface area (Å²) in [6.45, 7) is 3.28. The highest BCUT2D eigenvalue weighted by molar-refractivity contribution is 5.92. The highest BCUT2D eigenvalue weighted by Gasteiger charge is 2.29. The molecular weight excluding hydrogens is 458 g/mol. The molecule has 3 amide bonds. The number of carbonyl (C=O) groups is 4. The Bertz CT molecular complexity index is 900. The molecule has 194 valence electrons. The summed E-state index contributed by atoms with van der Waals surface area (Å²) < 4.78 is 0. The van der Waals surface area contributed by atoms with E-state index < -0.39 is 48.4 Å². The Morgan fingerprint density at radius 2 is 1.66 bits per heavy atom. The minimum Gasteiger partial charge on any atom is -0.508 e. The number of carboxylic acid groups (broad SMARTS) is 1. The fourth-order valence-electron chi connectivity index (χ4n) is 3.04. The quantitative estimate of drug-likeness (QED) is 0.0823. The third-order valence-corrected chi connectivity index (χ3v) is 4.98. The molecule has 0 spiro atoms. The summed E-state index contributed by atoms with van der Waals surface area (Å²) >= 11 is 0. The van der Waals surface area contributed by atoms with Crippen LogP contribution in [-0.4, -0.2) is 71.1 Å². The normalized spacial score (nSPS) is 13.3. The molecule has 0 aliphatic heterocycles. The monoisotopic (exact) mass is 493 g/mol. The van der Waals surface area contributed by atoms with Gasteiger partial charge in [-0.1, -0.05) is 26.0 Å². The lowest BCUT2D eigenvalue weighted by Crippen LogP contribution is -2.55. The van der Waals surface area contributed by atoms with E-state index in [9.17, 15) is 29.4 Å². The summed E-state index contributed by atoms with van der Waals surface area (Å²) in [6, 6.07) is 2.78. The smallest absolute Gasteiger partial charge is 0.326 e. The van der Waals surface area contributed by atoms with E-state index >= 15 is 0 Å². The number of aliphatic carboxylic acids is 1. The average Bonchev–Trinajstić information content (AvgIpc) is 2.78. The van der Waals surface area contributed by atoms with Crippen molar-refractivity contribution in [3.63, 3.8) is 0 Å². The number of carboxylic acids is 1. The second kappa shape index (κ2) is 14.4. The lowest BCUT2D eigenvalue weighted by molar-refractivity contribution is -0.142. The predicted octanol–water partition coefficient (Wildman–Crippen LogP) is -1.86. The number of hydrogen-bond acceptors (Lipinski definition) is 7. The van der Waals surface area contributed by atoms with Crippen LogP contribution in [0.4, 0.5) is 0 Å². The van der Waals surface area contributed by atoms with Crippen molar-refractivity contribution in [3.05, 3.63) is 29.8 Å². The van der Waals surface area contributed by atoms with Gasteiger partial charge < -0.3 is 43.4 Å². The Balaban J connectivity index is 2.62. The highest BCUT2D eigenvalue weighted by Crippen LogP contribution is 2.12. The first-order chi connectivity index (χ1) is 16.4. The van der Waals surface area contributed by atoms with E-state index in [-0.39, 0.29) is 24.0 Å². The maximum Gasteiger partial charge on any atom is 0.326 e. The number of carbonyl (C=O) groups excluding carboxylic acids is 3. The van der Waals surface area contributed by atoms with Crippen molar-refractivity contribution in [1.29, 1.82) is 0 Å². The largest absolute Gasteiger partial charge is 0.508 e. The number of aliphatic imine (C=N–C) groups is 1. The van der Waals surface area contributed by atoms with Crippen molar-refractivity contribution in [2.45, 2.75) is 51.2 Å². The number of nitrogens with two attached hydrogens (primary N) is 3. The Morgan fingerprint density at radius 1 is 1.03 bits per heavy atom. The van der Waals surface area contributed by atoms with Crippen molar-refractivity contribution in [2.75, 3.05) is 13.1 Å². The maximum absolute atomic E-state index is 12.8. The Hall–Kier alpha value is -3.87. The van der Waals surface area contributed by atoms with Crippen molar-refractivity contribution in [1.82, 2.24) is 16.0 Å². The van der Waals surface area contributed by atoms with Gasteiger partial charge in [0.2, 0.25) is 17.7 Å². The molecular formula is C22H35N7O6. The third kappa shape index (κ3) is 11.2. The number of hydrogen-bond donors (Lipinski definition) is 8. The van der Waals surface area contributed by atoms with Crippen molar-refractivity contribution < 1.29 is 29.4 Å². The van der Waals surface area contributed by atoms with Gasteiger partial charge in [0.05, 0.1) is 12.6 Å². The van der Waals surface area contributed by atoms with Crippen LogP contribution < -0.4 is 33.2 Å². The van der Waals surface area contributed by atoms with Crippen LogP contribution in [0.2, 0.25) is 0 Å². The molecule has 1 aromatic carbocycles. The number of amides is 3. The second-order valence-corrected chi connectivity index (χ2v) is 8.33. The lowest BCUT2D eigenvalue weighted by Gasteiger charge is -2.24. The molecule has 0 aromatic heterocycles. The van der Waals surface area contributed by atoms with Gasteiger partial charge in [0, 0.05) is 13.0 Å². The van der Waals surface area contributed by atoms with Crippen LogP contribution >= 0.6 is 0 Å². The van der Waals surface area contributed by atoms with E-state index in [1.807, 2.05) is 0 Å². The molecule has 0 saturated heterocycles. The van der Waals surface area contributed by atoms with Crippen LogP contribution in [-0.2, 0) is 25.6 Å². The summed E-state index contributed by atoms with van der Waals surface area (Å²) in [7, 11) is 0. The Kier molecular flexibility index (Phi) is 12.0. The third-order valence-electron chi connectivity index (χ3n) is 4.98. The van der Waals surface area contributed by atoms with E-state index in [1.165, 1.54) is 12.1 Å². The molecule has 11 N–H and O–H groups in total. The van der Waals surface area contributed by atoms with Crippen LogP contribution in [0.15, 0.2) is 29.3 Å². The molecule has 0 aliphatic rings. The van der Waals surface area contributed by atoms with Gasteiger partial charge in [-0.2, -0.15) is 0 Å². The number of benzene rings is 1. The number of aromatic hydroxyl groups is 1. The van der Waals surface area contributed by atoms with E-state index in [1.54, 1.807) is 26.0 Å². The van der Waals surface area contributed by atoms with Gasteiger partial charge in [-0.15, -0.1) is 0 Å². The number of rotatable bonds is 14. The summed E-state index contributed by atoms with van der Waals surface area (Å²) in [5.41, 5.74) is 16.8. The number of nitrogens with one attached hydrogen (secondary N) is 3. The molecule has 0 fully saturated rings. The molecule has 1 rings (SSSR count). The van der Waals surface area contributed by atoms with Gasteiger partial charge in [-0.3, -0.25) is 19.4 Å². The number of phenolic OH excluding ortho intramolecular Hbond substituents is 1. The lowest BCUT2D eigenvalue weighted by atomic mass is 10.0. The zero-order valence-corrected chi connectivity index (χ0v) is 19.9. The summed E-state index contributed by atoms with van der Waals surface area (Å²) in [4.78, 5) is 52.6. The zero-order chi connectivity index (χ0) is 26.5. The average molecular weight is 494 g/mol. The number of phenols is 1. The summed E-state index contributed by atoms with van der Waals surface area (Å²) in [6.07, 6.45) is 0.763. The summed E-state index contributed by atoms with van der Waals surface area (Å²) in [5, 5.41) is 26.2. The SMILES string of the molecule is CC(C)C(NC(=O)CNC(=O)C(N)CCCN=C(N)N)C(=O)NC(Cc1ccc(O)cc1)C(=O)O. The molecule has 13 heteroatoms. The van der Waals surface area contributed by atoms with E-state index in [2.05, 4.69) is 20.9 Å². The molecule has 3 unspecified atom stereocenters. The van der Waals surface area contributed by atoms with Gasteiger partial charge in [0.1, 0.15) is 17.8 Å². The van der Waals surface area contributed by atoms with Gasteiger partial charge in [-0.25, -0.2) is 4.79 Å². The van der Waals surface area contributed by atoms with Crippen molar-refractivity contribution in [3.8, 4) is 5.75 Å². The van der Waals surface area contributed by atoms with Gasteiger partial charge >= 0.3 is 5.97 Å². The fraction of sp³-hybridized carbons (Fsp3) is 0.500. The van der Waals surface area contributed by atoms with Crippen LogP contribution in [0.3, 0.4) is 0 Å². The molecule has 0 saturated carbocycles. The van der Waals surface area contributed by atoms with E-state index in [4.69, 9.17) is 17.2 Å². The van der Waals surface area contributed by atoms with Gasteiger partial charge in [-0.05, 0) is 36.5 Å². The predicted molar refractivity (Wildman–Crippen MR) is 129 cm³/mol. The minimum absolute atomic E-state index is 0.0166. The molecule has 3 atom stereocenters. The van der Waals surface area contributed by atoms with Gasteiger partial charge in [0.15, 0.2) is 5.96 Å². The fourth-order valence-corrected chi connectivity index (χ4v) is 3.04. The molecule has 0 radical (unpaired) electrons. The van der Waals surface area contributed by atoms with Crippen LogP contribution in [0.25, 0.3) is 0 Å². The zero-order valence-electron chi connectivity index (χ0n) is 19.9. The topological polar surface area (TPSA) is 235 Å². The highest BCUT2D eigenvalue weighted by atomic mass is 16.4. The van der Waals surface area contributed by atoms with Crippen LogP contribution in [0, 0.1) is 5.92 Å². The minimum atomic E-state index is -1.25. The molecule has 35 heavy (non-hydrogen) atoms.